The standard InChI is InChI=1S/C14H19NO/c1-11-6-8-12(9-7-11)10-13-4-3-5-14(13)15-16-2/h6-9,13H,3-5,10H2,1-2H3. The van der Waals surface area contributed by atoms with Crippen molar-refractivity contribution in [3.8, 4) is 0 Å². The Hall–Kier alpha value is -1.31. The van der Waals surface area contributed by atoms with Gasteiger partial charge in [-0.05, 0) is 38.2 Å². The van der Waals surface area contributed by atoms with E-state index in [2.05, 4.69) is 36.3 Å². The largest absolute Gasteiger partial charge is 0.399 e. The second-order valence-electron chi connectivity index (χ2n) is 4.54. The maximum absolute atomic E-state index is 4.90. The molecule has 1 aromatic carbocycles. The van der Waals surface area contributed by atoms with Crippen LogP contribution in [0.15, 0.2) is 29.4 Å². The van der Waals surface area contributed by atoms with Gasteiger partial charge in [-0.2, -0.15) is 0 Å². The monoisotopic (exact) mass is 217 g/mol. The number of aryl methyl sites for hydroxylation is 1. The van der Waals surface area contributed by atoms with Crippen LogP contribution in [0.1, 0.15) is 30.4 Å². The van der Waals surface area contributed by atoms with Crippen molar-refractivity contribution in [1.82, 2.24) is 0 Å². The topological polar surface area (TPSA) is 21.6 Å². The van der Waals surface area contributed by atoms with Crippen LogP contribution in [0.25, 0.3) is 0 Å². The third kappa shape index (κ3) is 2.63. The number of hydrogen-bond donors (Lipinski definition) is 0. The van der Waals surface area contributed by atoms with Gasteiger partial charge in [-0.3, -0.25) is 0 Å². The average Bonchev–Trinajstić information content (AvgIpc) is 2.70. The molecule has 2 heteroatoms. The highest BCUT2D eigenvalue weighted by Gasteiger charge is 2.23. The molecule has 2 rings (SSSR count). The molecule has 1 aliphatic rings. The molecule has 0 aliphatic heterocycles. The number of rotatable bonds is 3. The van der Waals surface area contributed by atoms with Gasteiger partial charge in [0, 0.05) is 5.92 Å². The Labute approximate surface area is 97.3 Å². The van der Waals surface area contributed by atoms with Crippen LogP contribution in [0.2, 0.25) is 0 Å². The number of hydrogen-bond acceptors (Lipinski definition) is 2. The zero-order chi connectivity index (χ0) is 11.4. The normalized spacial score (nSPS) is 22.6. The van der Waals surface area contributed by atoms with Gasteiger partial charge in [0.25, 0.3) is 0 Å². The fourth-order valence-electron chi connectivity index (χ4n) is 2.37. The number of oxime groups is 1. The lowest BCUT2D eigenvalue weighted by atomic mass is 9.96. The Balaban J connectivity index is 2.04. The fourth-order valence-corrected chi connectivity index (χ4v) is 2.37. The molecule has 16 heavy (non-hydrogen) atoms. The second-order valence-corrected chi connectivity index (χ2v) is 4.54. The molecule has 2 nitrogen and oxygen atoms in total. The summed E-state index contributed by atoms with van der Waals surface area (Å²) in [4.78, 5) is 4.90. The lowest BCUT2D eigenvalue weighted by Crippen LogP contribution is -2.10. The third-order valence-corrected chi connectivity index (χ3v) is 3.27. The van der Waals surface area contributed by atoms with Gasteiger partial charge < -0.3 is 4.84 Å². The molecule has 1 unspecified atom stereocenters. The second kappa shape index (κ2) is 5.15. The summed E-state index contributed by atoms with van der Waals surface area (Å²) in [7, 11) is 1.63. The molecule has 1 aliphatic carbocycles. The Morgan fingerprint density at radius 3 is 2.75 bits per heavy atom. The first-order valence-corrected chi connectivity index (χ1v) is 5.95. The summed E-state index contributed by atoms with van der Waals surface area (Å²) in [5, 5.41) is 4.14. The van der Waals surface area contributed by atoms with Gasteiger partial charge in [0.05, 0.1) is 5.71 Å². The summed E-state index contributed by atoms with van der Waals surface area (Å²) in [6.07, 6.45) is 4.70. The van der Waals surface area contributed by atoms with Gasteiger partial charge >= 0.3 is 0 Å². The summed E-state index contributed by atoms with van der Waals surface area (Å²) in [5.41, 5.74) is 3.96. The molecule has 0 amide bonds. The highest BCUT2D eigenvalue weighted by Crippen LogP contribution is 2.26. The van der Waals surface area contributed by atoms with Gasteiger partial charge in [-0.1, -0.05) is 35.0 Å². The smallest absolute Gasteiger partial charge is 0.106 e. The molecule has 0 spiro atoms. The van der Waals surface area contributed by atoms with E-state index in [1.165, 1.54) is 29.7 Å². The first-order valence-electron chi connectivity index (χ1n) is 5.95. The van der Waals surface area contributed by atoms with Crippen molar-refractivity contribution in [3.05, 3.63) is 35.4 Å². The summed E-state index contributed by atoms with van der Waals surface area (Å²) < 4.78 is 0. The molecule has 0 bridgehead atoms. The summed E-state index contributed by atoms with van der Waals surface area (Å²) in [6.45, 7) is 2.12. The van der Waals surface area contributed by atoms with Gasteiger partial charge in [-0.15, -0.1) is 0 Å². The van der Waals surface area contributed by atoms with E-state index < -0.39 is 0 Å². The molecule has 1 aromatic rings. The van der Waals surface area contributed by atoms with E-state index in [1.807, 2.05) is 0 Å². The SMILES string of the molecule is CON=C1CCCC1Cc1ccc(C)cc1. The lowest BCUT2D eigenvalue weighted by Gasteiger charge is -2.10. The molecule has 86 valence electrons. The van der Waals surface area contributed by atoms with Crippen LogP contribution in [-0.2, 0) is 11.3 Å². The van der Waals surface area contributed by atoms with Crippen LogP contribution in [0.3, 0.4) is 0 Å². The summed E-state index contributed by atoms with van der Waals surface area (Å²) in [5.74, 6) is 0.586. The molecular weight excluding hydrogens is 198 g/mol. The van der Waals surface area contributed by atoms with Crippen molar-refractivity contribution in [3.63, 3.8) is 0 Å². The molecule has 0 aromatic heterocycles. The Bertz CT molecular complexity index is 367. The maximum Gasteiger partial charge on any atom is 0.106 e. The van der Waals surface area contributed by atoms with E-state index in [-0.39, 0.29) is 0 Å². The van der Waals surface area contributed by atoms with Crippen molar-refractivity contribution in [1.29, 1.82) is 0 Å². The van der Waals surface area contributed by atoms with E-state index in [4.69, 9.17) is 4.84 Å². The molecule has 1 saturated carbocycles. The van der Waals surface area contributed by atoms with E-state index >= 15 is 0 Å². The van der Waals surface area contributed by atoms with E-state index in [1.54, 1.807) is 7.11 Å². The quantitative estimate of drug-likeness (QED) is 0.711. The Kier molecular flexibility index (Phi) is 3.60. The van der Waals surface area contributed by atoms with Crippen molar-refractivity contribution in [2.24, 2.45) is 11.1 Å². The minimum atomic E-state index is 0.586. The zero-order valence-electron chi connectivity index (χ0n) is 10.1. The first-order chi connectivity index (χ1) is 7.79. The maximum atomic E-state index is 4.90. The molecular formula is C14H19NO. The van der Waals surface area contributed by atoms with E-state index in [0.29, 0.717) is 5.92 Å². The lowest BCUT2D eigenvalue weighted by molar-refractivity contribution is 0.211. The Morgan fingerprint density at radius 1 is 1.31 bits per heavy atom. The van der Waals surface area contributed by atoms with Crippen LogP contribution in [0, 0.1) is 12.8 Å². The van der Waals surface area contributed by atoms with Crippen LogP contribution < -0.4 is 0 Å². The highest BCUT2D eigenvalue weighted by atomic mass is 16.6. The summed E-state index contributed by atoms with van der Waals surface area (Å²) in [6, 6.07) is 8.80. The number of benzene rings is 1. The highest BCUT2D eigenvalue weighted by molar-refractivity contribution is 5.88. The number of nitrogens with zero attached hydrogens (tertiary/aromatic N) is 1. The molecule has 0 saturated heterocycles. The molecule has 1 atom stereocenters. The van der Waals surface area contributed by atoms with Crippen molar-refractivity contribution in [2.45, 2.75) is 32.6 Å². The Morgan fingerprint density at radius 2 is 2.06 bits per heavy atom. The van der Waals surface area contributed by atoms with Crippen LogP contribution in [0.4, 0.5) is 0 Å². The predicted octanol–water partition coefficient (Wildman–Crippen LogP) is 3.34. The van der Waals surface area contributed by atoms with Crippen LogP contribution >= 0.6 is 0 Å². The first kappa shape index (κ1) is 11.2. The van der Waals surface area contributed by atoms with Gasteiger partial charge in [0.15, 0.2) is 0 Å². The van der Waals surface area contributed by atoms with Crippen LogP contribution in [0.5, 0.6) is 0 Å². The molecule has 0 radical (unpaired) electrons. The fraction of sp³-hybridized carbons (Fsp3) is 0.500. The van der Waals surface area contributed by atoms with Gasteiger partial charge in [0.2, 0.25) is 0 Å². The van der Waals surface area contributed by atoms with E-state index in [9.17, 15) is 0 Å². The average molecular weight is 217 g/mol. The molecule has 0 N–H and O–H groups in total. The minimum Gasteiger partial charge on any atom is -0.399 e. The molecule has 1 fully saturated rings. The van der Waals surface area contributed by atoms with Crippen molar-refractivity contribution in [2.75, 3.05) is 7.11 Å². The van der Waals surface area contributed by atoms with Gasteiger partial charge in [-0.25, -0.2) is 0 Å². The van der Waals surface area contributed by atoms with Crippen LogP contribution in [-0.4, -0.2) is 12.8 Å². The molecule has 0 heterocycles. The van der Waals surface area contributed by atoms with E-state index in [0.717, 1.165) is 12.8 Å². The zero-order valence-corrected chi connectivity index (χ0v) is 10.1. The van der Waals surface area contributed by atoms with Crippen molar-refractivity contribution < 1.29 is 4.84 Å². The predicted molar refractivity (Wildman–Crippen MR) is 66.7 cm³/mol. The van der Waals surface area contributed by atoms with Gasteiger partial charge in [0.1, 0.15) is 7.11 Å². The summed E-state index contributed by atoms with van der Waals surface area (Å²) >= 11 is 0. The van der Waals surface area contributed by atoms with Crippen molar-refractivity contribution >= 4 is 5.71 Å². The third-order valence-electron chi connectivity index (χ3n) is 3.27. The minimum absolute atomic E-state index is 0.586.